The van der Waals surface area contributed by atoms with Crippen molar-refractivity contribution in [3.8, 4) is 5.88 Å². The predicted octanol–water partition coefficient (Wildman–Crippen LogP) is 1.33. The number of nitrogen functional groups attached to an aromatic ring is 1. The average Bonchev–Trinajstić information content (AvgIpc) is 3.35. The monoisotopic (exact) mass is 495 g/mol. The Morgan fingerprint density at radius 1 is 1.26 bits per heavy atom. The molecule has 0 bridgehead atoms. The molecule has 1 fully saturated rings. The first-order valence-electron chi connectivity index (χ1n) is 10.8. The predicted molar refractivity (Wildman–Crippen MR) is 124 cm³/mol. The number of aromatic nitrogens is 1. The standard InChI is InChI=1S/C21H29N5O7S/c1-14-18(22)20(28)26(8-11-32-12-9-27)21(29)19(14)25-24-15-4-6-17(7-5-15)34(30,31)23-13-16-3-2-10-33-16/h4-7,16,23,27-28H,2-3,8-13,22H2,1H3. The van der Waals surface area contributed by atoms with Gasteiger partial charge < -0.3 is 25.4 Å². The van der Waals surface area contributed by atoms with Crippen LogP contribution < -0.4 is 16.0 Å². The average molecular weight is 496 g/mol. The quantitative estimate of drug-likeness (QED) is 0.266. The smallest absolute Gasteiger partial charge is 0.281 e. The number of ether oxygens (including phenoxy) is 2. The molecule has 1 atom stereocenters. The Morgan fingerprint density at radius 2 is 2.00 bits per heavy atom. The maximum atomic E-state index is 12.8. The molecule has 0 radical (unpaired) electrons. The number of benzene rings is 1. The van der Waals surface area contributed by atoms with E-state index in [9.17, 15) is 18.3 Å². The Balaban J connectivity index is 1.75. The Morgan fingerprint density at radius 3 is 2.65 bits per heavy atom. The van der Waals surface area contributed by atoms with Crippen LogP contribution >= 0.6 is 0 Å². The van der Waals surface area contributed by atoms with E-state index < -0.39 is 21.5 Å². The maximum absolute atomic E-state index is 12.8. The van der Waals surface area contributed by atoms with Crippen LogP contribution in [0.1, 0.15) is 18.4 Å². The number of nitrogens with two attached hydrogens (primary N) is 1. The molecule has 0 aliphatic carbocycles. The van der Waals surface area contributed by atoms with E-state index in [1.54, 1.807) is 0 Å². The van der Waals surface area contributed by atoms with E-state index in [1.807, 2.05) is 0 Å². The number of hydrogen-bond donors (Lipinski definition) is 4. The van der Waals surface area contributed by atoms with Gasteiger partial charge >= 0.3 is 0 Å². The number of aromatic hydroxyl groups is 1. The third kappa shape index (κ3) is 6.18. The van der Waals surface area contributed by atoms with Crippen molar-refractivity contribution in [1.29, 1.82) is 0 Å². The second-order valence-corrected chi connectivity index (χ2v) is 9.45. The molecule has 1 unspecified atom stereocenters. The molecular formula is C21H29N5O7S. The normalized spacial score (nSPS) is 16.5. The van der Waals surface area contributed by atoms with Gasteiger partial charge in [0.15, 0.2) is 5.69 Å². The molecule has 1 saturated heterocycles. The first-order valence-corrected chi connectivity index (χ1v) is 12.3. The number of aliphatic hydroxyl groups is 1. The van der Waals surface area contributed by atoms with Crippen LogP contribution in [0.2, 0.25) is 0 Å². The van der Waals surface area contributed by atoms with Crippen LogP contribution in [0.4, 0.5) is 17.1 Å². The van der Waals surface area contributed by atoms with Gasteiger partial charge in [0.1, 0.15) is 0 Å². The van der Waals surface area contributed by atoms with Crippen molar-refractivity contribution in [2.75, 3.05) is 38.7 Å². The van der Waals surface area contributed by atoms with Crippen LogP contribution in [-0.4, -0.2) is 62.3 Å². The van der Waals surface area contributed by atoms with Crippen LogP contribution in [0.5, 0.6) is 5.88 Å². The Bertz CT molecular complexity index is 1170. The number of aliphatic hydroxyl groups excluding tert-OH is 1. The Hall–Kier alpha value is -2.84. The molecule has 0 saturated carbocycles. The number of sulfonamides is 1. The molecule has 186 valence electrons. The molecule has 12 nitrogen and oxygen atoms in total. The number of nitrogens with zero attached hydrogens (tertiary/aromatic N) is 3. The van der Waals surface area contributed by atoms with E-state index in [0.29, 0.717) is 12.3 Å². The third-order valence-electron chi connectivity index (χ3n) is 5.34. The molecular weight excluding hydrogens is 466 g/mol. The first kappa shape index (κ1) is 25.8. The lowest BCUT2D eigenvalue weighted by Gasteiger charge is -2.13. The van der Waals surface area contributed by atoms with Gasteiger partial charge in [0.25, 0.3) is 5.56 Å². The van der Waals surface area contributed by atoms with Crippen LogP contribution in [0.25, 0.3) is 0 Å². The zero-order chi connectivity index (χ0) is 24.7. The SMILES string of the molecule is Cc1c(N)c(O)n(CCOCCO)c(=O)c1N=Nc1ccc(S(=O)(=O)NCC2CCCO2)cc1. The van der Waals surface area contributed by atoms with Gasteiger partial charge in [-0.2, -0.15) is 5.11 Å². The summed E-state index contributed by atoms with van der Waals surface area (Å²) in [6.45, 7) is 2.39. The zero-order valence-corrected chi connectivity index (χ0v) is 19.6. The van der Waals surface area contributed by atoms with E-state index in [1.165, 1.54) is 31.2 Å². The lowest BCUT2D eigenvalue weighted by molar-refractivity contribution is 0.0854. The second-order valence-electron chi connectivity index (χ2n) is 7.68. The van der Waals surface area contributed by atoms with Gasteiger partial charge in [-0.15, -0.1) is 5.11 Å². The molecule has 5 N–H and O–H groups in total. The van der Waals surface area contributed by atoms with Gasteiger partial charge in [0.2, 0.25) is 15.9 Å². The van der Waals surface area contributed by atoms with Gasteiger partial charge in [-0.05, 0) is 44.0 Å². The van der Waals surface area contributed by atoms with Crippen molar-refractivity contribution < 1.29 is 28.1 Å². The molecule has 1 aliphatic heterocycles. The highest BCUT2D eigenvalue weighted by Crippen LogP contribution is 2.29. The summed E-state index contributed by atoms with van der Waals surface area (Å²) in [4.78, 5) is 12.9. The summed E-state index contributed by atoms with van der Waals surface area (Å²) in [6.07, 6.45) is 1.62. The molecule has 13 heteroatoms. The first-order chi connectivity index (χ1) is 16.2. The number of pyridine rings is 1. The molecule has 1 aromatic carbocycles. The lowest BCUT2D eigenvalue weighted by Crippen LogP contribution is -2.31. The number of azo groups is 1. The van der Waals surface area contributed by atoms with Gasteiger partial charge in [-0.25, -0.2) is 13.1 Å². The van der Waals surface area contributed by atoms with Crippen molar-refractivity contribution in [2.24, 2.45) is 10.2 Å². The Labute approximate surface area is 197 Å². The maximum Gasteiger partial charge on any atom is 0.281 e. The summed E-state index contributed by atoms with van der Waals surface area (Å²) >= 11 is 0. The Kier molecular flexibility index (Phi) is 8.74. The van der Waals surface area contributed by atoms with Crippen molar-refractivity contribution in [1.82, 2.24) is 9.29 Å². The van der Waals surface area contributed by atoms with Crippen molar-refractivity contribution >= 4 is 27.1 Å². The van der Waals surface area contributed by atoms with E-state index in [2.05, 4.69) is 15.0 Å². The molecule has 2 heterocycles. The highest BCUT2D eigenvalue weighted by Gasteiger charge is 2.20. The second kappa shape index (κ2) is 11.5. The summed E-state index contributed by atoms with van der Waals surface area (Å²) in [5.74, 6) is -0.404. The minimum Gasteiger partial charge on any atom is -0.493 e. The fourth-order valence-electron chi connectivity index (χ4n) is 3.36. The lowest BCUT2D eigenvalue weighted by atomic mass is 10.2. The van der Waals surface area contributed by atoms with E-state index in [0.717, 1.165) is 17.4 Å². The molecule has 34 heavy (non-hydrogen) atoms. The summed E-state index contributed by atoms with van der Waals surface area (Å²) in [5, 5.41) is 27.0. The number of rotatable bonds is 11. The number of anilines is 1. The van der Waals surface area contributed by atoms with E-state index >= 15 is 0 Å². The van der Waals surface area contributed by atoms with Crippen molar-refractivity contribution in [2.45, 2.75) is 37.3 Å². The minimum absolute atomic E-state index is 0.00310. The zero-order valence-electron chi connectivity index (χ0n) is 18.8. The van der Waals surface area contributed by atoms with Gasteiger partial charge in [-0.1, -0.05) is 0 Å². The summed E-state index contributed by atoms with van der Waals surface area (Å²) < 4.78 is 39.1. The fourth-order valence-corrected chi connectivity index (χ4v) is 4.43. The highest BCUT2D eigenvalue weighted by molar-refractivity contribution is 7.89. The molecule has 0 spiro atoms. The number of nitrogens with one attached hydrogen (secondary N) is 1. The van der Waals surface area contributed by atoms with Crippen LogP contribution in [-0.2, 0) is 26.0 Å². The van der Waals surface area contributed by atoms with E-state index in [4.69, 9.17) is 20.3 Å². The molecule has 1 aliphatic rings. The summed E-state index contributed by atoms with van der Waals surface area (Å²) in [7, 11) is -3.70. The summed E-state index contributed by atoms with van der Waals surface area (Å²) in [6, 6.07) is 5.71. The van der Waals surface area contributed by atoms with Crippen LogP contribution in [0, 0.1) is 6.92 Å². The van der Waals surface area contributed by atoms with Crippen LogP contribution in [0.15, 0.2) is 44.2 Å². The largest absolute Gasteiger partial charge is 0.493 e. The number of hydrogen-bond acceptors (Lipinski definition) is 10. The molecule has 3 rings (SSSR count). The van der Waals surface area contributed by atoms with Gasteiger partial charge in [0, 0.05) is 18.7 Å². The fraction of sp³-hybridized carbons (Fsp3) is 0.476. The van der Waals surface area contributed by atoms with E-state index in [-0.39, 0.29) is 60.8 Å². The third-order valence-corrected chi connectivity index (χ3v) is 6.78. The van der Waals surface area contributed by atoms with Gasteiger partial charge in [0.05, 0.1) is 48.7 Å². The molecule has 1 aromatic heterocycles. The summed E-state index contributed by atoms with van der Waals surface area (Å²) in [5.41, 5.74) is 5.81. The van der Waals surface area contributed by atoms with Gasteiger partial charge in [-0.3, -0.25) is 9.36 Å². The van der Waals surface area contributed by atoms with Crippen molar-refractivity contribution in [3.05, 3.63) is 40.2 Å². The van der Waals surface area contributed by atoms with Crippen LogP contribution in [0.3, 0.4) is 0 Å². The molecule has 0 amide bonds. The molecule has 2 aromatic rings. The highest BCUT2D eigenvalue weighted by atomic mass is 32.2. The topological polar surface area (TPSA) is 178 Å². The van der Waals surface area contributed by atoms with Crippen molar-refractivity contribution in [3.63, 3.8) is 0 Å². The minimum atomic E-state index is -3.70.